The number of carboxylic acid groups (broad SMARTS) is 2. The van der Waals surface area contributed by atoms with E-state index in [9.17, 15) is 24.3 Å². The van der Waals surface area contributed by atoms with Crippen LogP contribution in [0.4, 0.5) is 5.69 Å². The van der Waals surface area contributed by atoms with Crippen molar-refractivity contribution in [2.75, 3.05) is 6.54 Å². The molecule has 0 fully saturated rings. The summed E-state index contributed by atoms with van der Waals surface area (Å²) in [5.41, 5.74) is 12.9. The summed E-state index contributed by atoms with van der Waals surface area (Å²) in [6, 6.07) is 22.6. The molecule has 1 amide bonds. The molecule has 6 N–H and O–H groups in total. The van der Waals surface area contributed by atoms with E-state index >= 15 is 0 Å². The Bertz CT molecular complexity index is 1660. The maximum absolute atomic E-state index is 13.6. The molecule has 0 spiro atoms. The van der Waals surface area contributed by atoms with E-state index in [-0.39, 0.29) is 35.8 Å². The van der Waals surface area contributed by atoms with Crippen molar-refractivity contribution in [3.05, 3.63) is 107 Å². The van der Waals surface area contributed by atoms with Gasteiger partial charge in [-0.2, -0.15) is 0 Å². The van der Waals surface area contributed by atoms with Crippen LogP contribution in [0.15, 0.2) is 89.9 Å². The second-order valence-corrected chi connectivity index (χ2v) is 9.11. The topological polar surface area (TPSA) is 186 Å². The van der Waals surface area contributed by atoms with Gasteiger partial charge in [0.25, 0.3) is 5.91 Å². The lowest BCUT2D eigenvalue weighted by molar-refractivity contribution is -0.138. The summed E-state index contributed by atoms with van der Waals surface area (Å²) in [5.74, 6) is -3.18. The number of amides is 1. The fourth-order valence-electron chi connectivity index (χ4n) is 4.26. The van der Waals surface area contributed by atoms with Gasteiger partial charge < -0.3 is 31.3 Å². The van der Waals surface area contributed by atoms with Crippen LogP contribution in [0.5, 0.6) is 5.75 Å². The second kappa shape index (κ2) is 12.4. The molecule has 0 atom stereocenters. The lowest BCUT2D eigenvalue weighted by atomic mass is 10.0. The molecule has 0 aliphatic rings. The summed E-state index contributed by atoms with van der Waals surface area (Å²) in [4.78, 5) is 54.0. The average molecular weight is 555 g/mol. The van der Waals surface area contributed by atoms with E-state index in [0.29, 0.717) is 27.6 Å². The van der Waals surface area contributed by atoms with Crippen LogP contribution in [0.3, 0.4) is 0 Å². The first-order valence-corrected chi connectivity index (χ1v) is 12.3. The lowest BCUT2D eigenvalue weighted by Gasteiger charge is -2.22. The van der Waals surface area contributed by atoms with Crippen molar-refractivity contribution in [3.63, 3.8) is 0 Å². The minimum absolute atomic E-state index is 0.0351. The first kappa shape index (κ1) is 28.3. The third-order valence-corrected chi connectivity index (χ3v) is 5.99. The highest BCUT2D eigenvalue weighted by Crippen LogP contribution is 2.26. The molecule has 4 aromatic carbocycles. The number of aliphatic carboxylic acids is 2. The van der Waals surface area contributed by atoms with Crippen LogP contribution < -0.4 is 16.2 Å². The highest BCUT2D eigenvalue weighted by Gasteiger charge is 2.21. The summed E-state index contributed by atoms with van der Waals surface area (Å²) < 4.78 is 5.51. The van der Waals surface area contributed by atoms with Gasteiger partial charge in [-0.25, -0.2) is 9.79 Å². The molecule has 0 aliphatic carbocycles. The van der Waals surface area contributed by atoms with E-state index in [4.69, 9.17) is 21.3 Å². The Hall–Kier alpha value is -5.71. The first-order valence-electron chi connectivity index (χ1n) is 12.3. The zero-order chi connectivity index (χ0) is 29.5. The molecule has 0 aromatic heterocycles. The number of nitrogens with two attached hydrogens (primary N) is 2. The number of ether oxygens (including phenoxy) is 1. The maximum atomic E-state index is 13.6. The molecule has 11 heteroatoms. The van der Waals surface area contributed by atoms with Crippen molar-refractivity contribution in [1.29, 1.82) is 0 Å². The number of rotatable bonds is 10. The van der Waals surface area contributed by atoms with Crippen molar-refractivity contribution in [1.82, 2.24) is 4.90 Å². The van der Waals surface area contributed by atoms with E-state index in [1.54, 1.807) is 72.8 Å². The molecule has 0 bridgehead atoms. The number of hydrogen-bond donors (Lipinski definition) is 4. The van der Waals surface area contributed by atoms with Crippen LogP contribution in [-0.4, -0.2) is 51.4 Å². The molecule has 0 heterocycles. The molecule has 0 unspecified atom stereocenters. The van der Waals surface area contributed by atoms with Gasteiger partial charge >= 0.3 is 17.9 Å². The first-order chi connectivity index (χ1) is 19.6. The molecule has 4 rings (SSSR count). The fraction of sp³-hybridized carbons (Fsp3) is 0.100. The second-order valence-electron chi connectivity index (χ2n) is 9.11. The summed E-state index contributed by atoms with van der Waals surface area (Å²) in [6.45, 7) is -0.595. The molecule has 208 valence electrons. The number of guanidine groups is 1. The zero-order valence-corrected chi connectivity index (χ0v) is 21.7. The van der Waals surface area contributed by atoms with Crippen molar-refractivity contribution in [3.8, 4) is 5.75 Å². The van der Waals surface area contributed by atoms with Gasteiger partial charge in [-0.3, -0.25) is 14.4 Å². The number of hydrogen-bond acceptors (Lipinski definition) is 6. The predicted molar refractivity (Wildman–Crippen MR) is 151 cm³/mol. The number of carboxylic acids is 2. The van der Waals surface area contributed by atoms with Gasteiger partial charge in [-0.1, -0.05) is 36.4 Å². The summed E-state index contributed by atoms with van der Waals surface area (Å²) in [6.07, 6.45) is -0.194. The van der Waals surface area contributed by atoms with Gasteiger partial charge in [0.1, 0.15) is 12.3 Å². The minimum Gasteiger partial charge on any atom is -0.481 e. The Morgan fingerprint density at radius 3 is 2.20 bits per heavy atom. The molecular formula is C30H26N4O7. The van der Waals surface area contributed by atoms with Crippen molar-refractivity contribution in [2.45, 2.75) is 13.0 Å². The van der Waals surface area contributed by atoms with E-state index in [1.165, 1.54) is 17.0 Å². The van der Waals surface area contributed by atoms with Crippen molar-refractivity contribution in [2.24, 2.45) is 16.5 Å². The third kappa shape index (κ3) is 7.45. The summed E-state index contributed by atoms with van der Waals surface area (Å²) in [7, 11) is 0. The number of benzene rings is 4. The molecule has 0 aliphatic heterocycles. The Morgan fingerprint density at radius 2 is 1.51 bits per heavy atom. The standard InChI is InChI=1S/C30H26N4O7/c31-30(32)33-22-9-7-20(8-10-22)29(40)41-23-11-12-24-21(15-23)5-2-6-25(24)28(39)34(17-27(37)38)16-19-4-1-3-18(13-19)14-26(35)36/h1-13,15H,14,16-17H2,(H,35,36)(H,37,38)(H4,31,32,33). The number of carbonyl (C=O) groups is 4. The molecule has 41 heavy (non-hydrogen) atoms. The Morgan fingerprint density at radius 1 is 0.805 bits per heavy atom. The van der Waals surface area contributed by atoms with Gasteiger partial charge in [0.2, 0.25) is 0 Å². The van der Waals surface area contributed by atoms with Crippen LogP contribution in [0, 0.1) is 0 Å². The largest absolute Gasteiger partial charge is 0.481 e. The van der Waals surface area contributed by atoms with Crippen molar-refractivity contribution < 1.29 is 34.1 Å². The van der Waals surface area contributed by atoms with E-state index in [2.05, 4.69) is 4.99 Å². The Kier molecular flexibility index (Phi) is 8.58. The smallest absolute Gasteiger partial charge is 0.343 e. The van der Waals surface area contributed by atoms with Gasteiger partial charge in [-0.15, -0.1) is 0 Å². The Balaban J connectivity index is 1.56. The van der Waals surface area contributed by atoms with E-state index in [1.807, 2.05) is 0 Å². The monoisotopic (exact) mass is 554 g/mol. The highest BCUT2D eigenvalue weighted by molar-refractivity contribution is 6.08. The molecule has 0 saturated heterocycles. The summed E-state index contributed by atoms with van der Waals surface area (Å²) >= 11 is 0. The normalized spacial score (nSPS) is 10.5. The van der Waals surface area contributed by atoms with Crippen LogP contribution in [0.2, 0.25) is 0 Å². The maximum Gasteiger partial charge on any atom is 0.343 e. The minimum atomic E-state index is -1.19. The molecule has 0 saturated carbocycles. The van der Waals surface area contributed by atoms with Gasteiger partial charge in [0.05, 0.1) is 17.7 Å². The number of fused-ring (bicyclic) bond motifs is 1. The highest BCUT2D eigenvalue weighted by atomic mass is 16.5. The third-order valence-electron chi connectivity index (χ3n) is 5.99. The summed E-state index contributed by atoms with van der Waals surface area (Å²) in [5, 5.41) is 19.7. The van der Waals surface area contributed by atoms with Crippen LogP contribution in [0.25, 0.3) is 10.8 Å². The number of carbonyl (C=O) groups excluding carboxylic acids is 2. The van der Waals surface area contributed by atoms with Gasteiger partial charge in [0, 0.05) is 12.1 Å². The van der Waals surface area contributed by atoms with Crippen molar-refractivity contribution >= 4 is 46.2 Å². The van der Waals surface area contributed by atoms with Gasteiger partial charge in [-0.05, 0) is 70.4 Å². The van der Waals surface area contributed by atoms with Gasteiger partial charge in [0.15, 0.2) is 5.96 Å². The van der Waals surface area contributed by atoms with E-state index in [0.717, 1.165) is 0 Å². The van der Waals surface area contributed by atoms with E-state index < -0.39 is 30.4 Å². The average Bonchev–Trinajstić information content (AvgIpc) is 2.91. The van der Waals surface area contributed by atoms with Crippen LogP contribution in [-0.2, 0) is 22.6 Å². The molecular weight excluding hydrogens is 528 g/mol. The number of esters is 1. The number of aliphatic imine (C=N–C) groups is 1. The number of nitrogens with zero attached hydrogens (tertiary/aromatic N) is 2. The fourth-order valence-corrected chi connectivity index (χ4v) is 4.26. The Labute approximate surface area is 234 Å². The molecule has 4 aromatic rings. The molecule has 11 nitrogen and oxygen atoms in total. The SMILES string of the molecule is NC(N)=Nc1ccc(C(=O)Oc2ccc3c(C(=O)N(CC(=O)O)Cc4cccc(CC(=O)O)c4)cccc3c2)cc1. The lowest BCUT2D eigenvalue weighted by Crippen LogP contribution is -2.35. The predicted octanol–water partition coefficient (Wildman–Crippen LogP) is 3.32. The quantitative estimate of drug-likeness (QED) is 0.0987. The van der Waals surface area contributed by atoms with Crippen LogP contribution >= 0.6 is 0 Å². The van der Waals surface area contributed by atoms with Crippen LogP contribution in [0.1, 0.15) is 31.8 Å². The zero-order valence-electron chi connectivity index (χ0n) is 21.7. The molecule has 0 radical (unpaired) electrons.